The highest BCUT2D eigenvalue weighted by Crippen LogP contribution is 2.07. The SMILES string of the molecule is CCN(CC)C(=O)CN1CCN(C(C)C(N)=S)CC1. The van der Waals surface area contributed by atoms with E-state index in [1.54, 1.807) is 0 Å². The van der Waals surface area contributed by atoms with Gasteiger partial charge in [-0.3, -0.25) is 14.6 Å². The number of carbonyl (C=O) groups is 1. The third-order valence-corrected chi connectivity index (χ3v) is 4.18. The zero-order valence-corrected chi connectivity index (χ0v) is 13.1. The predicted molar refractivity (Wildman–Crippen MR) is 82.2 cm³/mol. The summed E-state index contributed by atoms with van der Waals surface area (Å²) in [4.78, 5) is 18.9. The molecule has 1 heterocycles. The van der Waals surface area contributed by atoms with Gasteiger partial charge in [0.15, 0.2) is 0 Å². The molecule has 2 N–H and O–H groups in total. The third-order valence-electron chi connectivity index (χ3n) is 3.84. The highest BCUT2D eigenvalue weighted by atomic mass is 32.1. The summed E-state index contributed by atoms with van der Waals surface area (Å²) in [6.07, 6.45) is 0. The van der Waals surface area contributed by atoms with Gasteiger partial charge in [0.05, 0.1) is 17.6 Å². The maximum atomic E-state index is 12.0. The minimum Gasteiger partial charge on any atom is -0.392 e. The quantitative estimate of drug-likeness (QED) is 0.704. The van der Waals surface area contributed by atoms with Gasteiger partial charge in [-0.05, 0) is 20.8 Å². The molecule has 1 aliphatic rings. The molecule has 0 bridgehead atoms. The lowest BCUT2D eigenvalue weighted by atomic mass is 10.2. The fraction of sp³-hybridized carbons (Fsp3) is 0.846. The fourth-order valence-electron chi connectivity index (χ4n) is 2.36. The Bertz CT molecular complexity index is 312. The van der Waals surface area contributed by atoms with Crippen molar-refractivity contribution in [2.75, 3.05) is 45.8 Å². The average Bonchev–Trinajstić information content (AvgIpc) is 2.40. The molecular formula is C13H26N4OS. The fourth-order valence-corrected chi connectivity index (χ4v) is 2.51. The van der Waals surface area contributed by atoms with E-state index in [9.17, 15) is 4.79 Å². The van der Waals surface area contributed by atoms with Crippen molar-refractivity contribution in [3.63, 3.8) is 0 Å². The summed E-state index contributed by atoms with van der Waals surface area (Å²) >= 11 is 5.03. The van der Waals surface area contributed by atoms with Crippen LogP contribution < -0.4 is 5.73 Å². The van der Waals surface area contributed by atoms with Crippen LogP contribution in [0.1, 0.15) is 20.8 Å². The lowest BCUT2D eigenvalue weighted by molar-refractivity contribution is -0.132. The lowest BCUT2D eigenvalue weighted by Crippen LogP contribution is -2.54. The second-order valence-corrected chi connectivity index (χ2v) is 5.43. The monoisotopic (exact) mass is 286 g/mol. The molecule has 1 unspecified atom stereocenters. The number of amides is 1. The van der Waals surface area contributed by atoms with E-state index in [1.165, 1.54) is 0 Å². The molecule has 1 saturated heterocycles. The summed E-state index contributed by atoms with van der Waals surface area (Å²) in [7, 11) is 0. The Hall–Kier alpha value is -0.720. The van der Waals surface area contributed by atoms with Crippen molar-refractivity contribution in [2.45, 2.75) is 26.8 Å². The summed E-state index contributed by atoms with van der Waals surface area (Å²) in [5.74, 6) is 0.223. The molecule has 0 aromatic rings. The number of carbonyl (C=O) groups excluding carboxylic acids is 1. The first-order valence-electron chi connectivity index (χ1n) is 7.03. The van der Waals surface area contributed by atoms with Gasteiger partial charge in [0.25, 0.3) is 0 Å². The smallest absolute Gasteiger partial charge is 0.236 e. The van der Waals surface area contributed by atoms with Crippen LogP contribution in [0.2, 0.25) is 0 Å². The lowest BCUT2D eigenvalue weighted by Gasteiger charge is -2.37. The second kappa shape index (κ2) is 7.77. The maximum Gasteiger partial charge on any atom is 0.236 e. The molecule has 5 nitrogen and oxygen atoms in total. The summed E-state index contributed by atoms with van der Waals surface area (Å²) < 4.78 is 0. The van der Waals surface area contributed by atoms with E-state index in [0.717, 1.165) is 39.3 Å². The molecule has 1 atom stereocenters. The molecule has 6 heteroatoms. The highest BCUT2D eigenvalue weighted by molar-refractivity contribution is 7.80. The molecule has 0 aromatic carbocycles. The molecule has 110 valence electrons. The van der Waals surface area contributed by atoms with E-state index in [4.69, 9.17) is 18.0 Å². The van der Waals surface area contributed by atoms with Gasteiger partial charge in [0.2, 0.25) is 5.91 Å². The molecule has 0 radical (unpaired) electrons. The van der Waals surface area contributed by atoms with Gasteiger partial charge in [0, 0.05) is 39.3 Å². The van der Waals surface area contributed by atoms with Crippen LogP contribution in [0.5, 0.6) is 0 Å². The Morgan fingerprint density at radius 2 is 1.79 bits per heavy atom. The van der Waals surface area contributed by atoms with Crippen LogP contribution in [0.25, 0.3) is 0 Å². The molecule has 1 rings (SSSR count). The average molecular weight is 286 g/mol. The summed E-state index contributed by atoms with van der Waals surface area (Å²) in [6.45, 7) is 11.8. The van der Waals surface area contributed by atoms with Gasteiger partial charge in [0.1, 0.15) is 0 Å². The van der Waals surface area contributed by atoms with E-state index >= 15 is 0 Å². The van der Waals surface area contributed by atoms with Crippen molar-refractivity contribution in [3.8, 4) is 0 Å². The van der Waals surface area contributed by atoms with Crippen molar-refractivity contribution < 1.29 is 4.79 Å². The van der Waals surface area contributed by atoms with Crippen molar-refractivity contribution in [1.82, 2.24) is 14.7 Å². The summed E-state index contributed by atoms with van der Waals surface area (Å²) in [5, 5.41) is 0. The minimum atomic E-state index is 0.149. The number of thiocarbonyl (C=S) groups is 1. The molecule has 1 fully saturated rings. The first-order chi connectivity index (χ1) is 8.99. The second-order valence-electron chi connectivity index (χ2n) is 4.96. The zero-order valence-electron chi connectivity index (χ0n) is 12.3. The van der Waals surface area contributed by atoms with Crippen LogP contribution in [-0.2, 0) is 4.79 Å². The van der Waals surface area contributed by atoms with Crippen molar-refractivity contribution in [1.29, 1.82) is 0 Å². The standard InChI is InChI=1S/C13H26N4OS/c1-4-16(5-2)12(18)10-15-6-8-17(9-7-15)11(3)13(14)19/h11H,4-10H2,1-3H3,(H2,14,19). The van der Waals surface area contributed by atoms with Gasteiger partial charge in [-0.15, -0.1) is 0 Å². The van der Waals surface area contributed by atoms with Crippen LogP contribution in [0.3, 0.4) is 0 Å². The Balaban J connectivity index is 2.38. The Morgan fingerprint density at radius 3 is 2.21 bits per heavy atom. The Labute approximate surface area is 121 Å². The molecule has 0 aromatic heterocycles. The Morgan fingerprint density at radius 1 is 1.26 bits per heavy atom. The van der Waals surface area contributed by atoms with E-state index in [0.29, 0.717) is 11.5 Å². The van der Waals surface area contributed by atoms with Gasteiger partial charge < -0.3 is 10.6 Å². The molecular weight excluding hydrogens is 260 g/mol. The summed E-state index contributed by atoms with van der Waals surface area (Å²) in [6, 6.07) is 0.149. The third kappa shape index (κ3) is 4.71. The van der Waals surface area contributed by atoms with E-state index in [1.807, 2.05) is 25.7 Å². The highest BCUT2D eigenvalue weighted by Gasteiger charge is 2.24. The van der Waals surface area contributed by atoms with Gasteiger partial charge in [-0.25, -0.2) is 0 Å². The zero-order chi connectivity index (χ0) is 14.4. The largest absolute Gasteiger partial charge is 0.392 e. The van der Waals surface area contributed by atoms with E-state index in [-0.39, 0.29) is 11.9 Å². The van der Waals surface area contributed by atoms with Crippen molar-refractivity contribution in [3.05, 3.63) is 0 Å². The topological polar surface area (TPSA) is 52.8 Å². The number of nitrogens with two attached hydrogens (primary N) is 1. The van der Waals surface area contributed by atoms with Crippen LogP contribution in [0, 0.1) is 0 Å². The van der Waals surface area contributed by atoms with Crippen LogP contribution in [0.4, 0.5) is 0 Å². The Kier molecular flexibility index (Phi) is 6.68. The molecule has 0 spiro atoms. The van der Waals surface area contributed by atoms with Crippen molar-refractivity contribution in [2.24, 2.45) is 5.73 Å². The van der Waals surface area contributed by atoms with Crippen LogP contribution in [0.15, 0.2) is 0 Å². The number of nitrogens with zero attached hydrogens (tertiary/aromatic N) is 3. The summed E-state index contributed by atoms with van der Waals surface area (Å²) in [5.41, 5.74) is 5.67. The van der Waals surface area contributed by atoms with Gasteiger partial charge >= 0.3 is 0 Å². The molecule has 0 aliphatic carbocycles. The van der Waals surface area contributed by atoms with Gasteiger partial charge in [-0.2, -0.15) is 0 Å². The van der Waals surface area contributed by atoms with E-state index < -0.39 is 0 Å². The van der Waals surface area contributed by atoms with E-state index in [2.05, 4.69) is 9.80 Å². The molecule has 0 saturated carbocycles. The van der Waals surface area contributed by atoms with Crippen LogP contribution >= 0.6 is 12.2 Å². The number of piperazine rings is 1. The number of rotatable bonds is 6. The predicted octanol–water partition coefficient (Wildman–Crippen LogP) is 0.147. The molecule has 1 amide bonds. The normalized spacial score (nSPS) is 19.1. The minimum absolute atomic E-state index is 0.149. The van der Waals surface area contributed by atoms with Gasteiger partial charge in [-0.1, -0.05) is 12.2 Å². The number of hydrogen-bond donors (Lipinski definition) is 1. The maximum absolute atomic E-state index is 12.0. The molecule has 19 heavy (non-hydrogen) atoms. The molecule has 1 aliphatic heterocycles. The van der Waals surface area contributed by atoms with Crippen molar-refractivity contribution >= 4 is 23.1 Å². The van der Waals surface area contributed by atoms with Crippen LogP contribution in [-0.4, -0.2) is 77.5 Å². The first-order valence-corrected chi connectivity index (χ1v) is 7.43. The number of hydrogen-bond acceptors (Lipinski definition) is 4. The first kappa shape index (κ1) is 16.3. The number of likely N-dealkylation sites (N-methyl/N-ethyl adjacent to an activating group) is 1.